The predicted molar refractivity (Wildman–Crippen MR) is 19.8 cm³/mol. The van der Waals surface area contributed by atoms with Crippen LogP contribution in [0, 0.1) is 29.7 Å². The minimum Gasteiger partial charge on any atom is -0.999 e. The van der Waals surface area contributed by atoms with Crippen molar-refractivity contribution in [3.8, 4) is 0 Å². The third kappa shape index (κ3) is 5.51. The summed E-state index contributed by atoms with van der Waals surface area (Å²) in [5.74, 6) is 0. The van der Waals surface area contributed by atoms with Crippen molar-refractivity contribution in [3.05, 3.63) is 30.3 Å². The first kappa shape index (κ1) is 10.5. The van der Waals surface area contributed by atoms with Crippen molar-refractivity contribution in [2.24, 2.45) is 0 Å². The molecule has 0 atom stereocenters. The van der Waals surface area contributed by atoms with Gasteiger partial charge in [0.1, 0.15) is 0 Å². The SMILES string of the molecule is N#[O+].[Ni].[c-]1[c-][c-][cH-][c-]1. The fourth-order valence-electron chi connectivity index (χ4n) is 0.180. The standard InChI is InChI=1S/C5H.NO.Ni/c1-2-4-5-3-1;1-2;/h1H;;/q-5;+1;. The van der Waals surface area contributed by atoms with E-state index in [4.69, 9.17) is 10.2 Å². The Hall–Kier alpha value is -0.486. The minimum atomic E-state index is 0. The maximum Gasteiger partial charge on any atom is 0 e. The zero-order valence-electron chi connectivity index (χ0n) is 3.75. The van der Waals surface area contributed by atoms with E-state index in [9.17, 15) is 0 Å². The molecule has 0 amide bonds. The van der Waals surface area contributed by atoms with Crippen LogP contribution in [0.5, 0.6) is 0 Å². The molecule has 0 aliphatic carbocycles. The van der Waals surface area contributed by atoms with Crippen LogP contribution < -0.4 is 0 Å². The summed E-state index contributed by atoms with van der Waals surface area (Å²) in [5, 5.41) is 0. The monoisotopic (exact) mass is 149 g/mol. The van der Waals surface area contributed by atoms with Gasteiger partial charge in [-0.15, -0.1) is 0 Å². The largest absolute Gasteiger partial charge is 0.999 e. The Bertz CT molecular complexity index is 96.0. The van der Waals surface area contributed by atoms with Gasteiger partial charge in [-0.25, -0.2) is 0 Å². The minimum absolute atomic E-state index is 0. The third-order valence-corrected chi connectivity index (χ3v) is 0.351. The normalized spacial score (nSPS) is 5.25. The number of hydrogen-bond acceptors (Lipinski definition) is 1. The van der Waals surface area contributed by atoms with Crippen LogP contribution in [-0.2, 0) is 21.3 Å². The Labute approximate surface area is 57.7 Å². The van der Waals surface area contributed by atoms with E-state index >= 15 is 0 Å². The number of rotatable bonds is 0. The molecule has 0 spiro atoms. The van der Waals surface area contributed by atoms with Gasteiger partial charge in [0.05, 0.1) is 0 Å². The molecular formula is C5HNNiO-4. The fraction of sp³-hybridized carbons (Fsp3) is 0. The Morgan fingerprint density at radius 3 is 1.62 bits per heavy atom. The molecule has 0 aromatic heterocycles. The molecule has 0 radical (unpaired) electrons. The molecule has 46 valence electrons. The Balaban J connectivity index is 0. The first-order chi connectivity index (χ1) is 3.50. The molecule has 3 heteroatoms. The summed E-state index contributed by atoms with van der Waals surface area (Å²) in [6.07, 6.45) is 0. The second kappa shape index (κ2) is 9.72. The molecule has 0 aliphatic rings. The summed E-state index contributed by atoms with van der Waals surface area (Å²) in [6.45, 7) is 0. The van der Waals surface area contributed by atoms with Gasteiger partial charge in [0.2, 0.25) is 0 Å². The van der Waals surface area contributed by atoms with Crippen LogP contribution in [0.1, 0.15) is 0 Å². The van der Waals surface area contributed by atoms with E-state index in [1.807, 2.05) is 0 Å². The number of nitrogens with zero attached hydrogens (tertiary/aromatic N) is 1. The van der Waals surface area contributed by atoms with Gasteiger partial charge in [-0.2, -0.15) is 0 Å². The van der Waals surface area contributed by atoms with Crippen LogP contribution in [0.2, 0.25) is 0 Å². The second-order valence-electron chi connectivity index (χ2n) is 0.683. The molecule has 0 fully saturated rings. The molecule has 1 aromatic carbocycles. The first-order valence-corrected chi connectivity index (χ1v) is 1.51. The van der Waals surface area contributed by atoms with E-state index in [2.05, 4.69) is 24.3 Å². The van der Waals surface area contributed by atoms with Crippen LogP contribution in [0.25, 0.3) is 0 Å². The summed E-state index contributed by atoms with van der Waals surface area (Å²) in [5.41, 5.74) is 5.75. The van der Waals surface area contributed by atoms with Gasteiger partial charge in [0, 0.05) is 16.5 Å². The van der Waals surface area contributed by atoms with Crippen LogP contribution in [0.15, 0.2) is 6.07 Å². The van der Waals surface area contributed by atoms with Crippen LogP contribution >= 0.6 is 0 Å². The summed E-state index contributed by atoms with van der Waals surface area (Å²) < 4.78 is 7.25. The van der Waals surface area contributed by atoms with Gasteiger partial charge in [0.25, 0.3) is 0 Å². The van der Waals surface area contributed by atoms with Gasteiger partial charge >= 0.3 is 10.2 Å². The summed E-state index contributed by atoms with van der Waals surface area (Å²) in [4.78, 5) is 0. The molecule has 0 aliphatic heterocycles. The van der Waals surface area contributed by atoms with Gasteiger partial charge in [-0.1, -0.05) is 0 Å². The fourth-order valence-corrected chi connectivity index (χ4v) is 0.180. The molecule has 2 nitrogen and oxygen atoms in total. The molecule has 1 aromatic rings. The van der Waals surface area contributed by atoms with E-state index in [-0.39, 0.29) is 16.5 Å². The van der Waals surface area contributed by atoms with E-state index in [1.54, 1.807) is 6.07 Å². The van der Waals surface area contributed by atoms with Gasteiger partial charge < -0.3 is 30.3 Å². The molecule has 0 saturated heterocycles. The van der Waals surface area contributed by atoms with Crippen LogP contribution in [0.4, 0.5) is 0 Å². The quantitative estimate of drug-likeness (QED) is 0.301. The van der Waals surface area contributed by atoms with Crippen molar-refractivity contribution in [2.75, 3.05) is 0 Å². The van der Waals surface area contributed by atoms with Gasteiger partial charge in [-0.3, -0.25) is 0 Å². The average molecular weight is 150 g/mol. The molecule has 0 heterocycles. The van der Waals surface area contributed by atoms with Crippen molar-refractivity contribution in [1.82, 2.24) is 0 Å². The average Bonchev–Trinajstić information content (AvgIpc) is 2.23. The van der Waals surface area contributed by atoms with E-state index in [0.29, 0.717) is 0 Å². The van der Waals surface area contributed by atoms with E-state index in [1.165, 1.54) is 0 Å². The molecule has 8 heavy (non-hydrogen) atoms. The number of hydrogen-bond donors (Lipinski definition) is 0. The Morgan fingerprint density at radius 1 is 1.12 bits per heavy atom. The van der Waals surface area contributed by atoms with Crippen LogP contribution in [0.3, 0.4) is 0 Å². The van der Waals surface area contributed by atoms with Gasteiger partial charge in [-0.05, 0) is 0 Å². The molecular weight excluding hydrogens is 149 g/mol. The summed E-state index contributed by atoms with van der Waals surface area (Å²) in [7, 11) is 0. The third-order valence-electron chi connectivity index (χ3n) is 0.351. The second-order valence-corrected chi connectivity index (χ2v) is 0.683. The predicted octanol–water partition coefficient (Wildman–Crippen LogP) is 0.500. The van der Waals surface area contributed by atoms with Crippen LogP contribution in [-0.4, -0.2) is 0 Å². The Morgan fingerprint density at radius 2 is 1.50 bits per heavy atom. The maximum absolute atomic E-state index is 7.25. The van der Waals surface area contributed by atoms with Crippen molar-refractivity contribution in [3.63, 3.8) is 0 Å². The van der Waals surface area contributed by atoms with Crippen molar-refractivity contribution in [2.45, 2.75) is 0 Å². The van der Waals surface area contributed by atoms with E-state index in [0.717, 1.165) is 0 Å². The summed E-state index contributed by atoms with van der Waals surface area (Å²) >= 11 is 0. The van der Waals surface area contributed by atoms with Gasteiger partial charge in [0.15, 0.2) is 0 Å². The molecule has 0 N–H and O–H groups in total. The van der Waals surface area contributed by atoms with E-state index < -0.39 is 0 Å². The Kier molecular flexibility index (Phi) is 12.7. The first-order valence-electron chi connectivity index (χ1n) is 1.51. The molecule has 0 unspecified atom stereocenters. The molecule has 0 saturated carbocycles. The zero-order chi connectivity index (χ0) is 5.54. The smallest absolute Gasteiger partial charge is 0 e. The summed E-state index contributed by atoms with van der Waals surface area (Å²) in [6, 6.07) is 12.0. The van der Waals surface area contributed by atoms with Crippen molar-refractivity contribution < 1.29 is 21.3 Å². The topological polar surface area (TPSA) is 43.7 Å². The van der Waals surface area contributed by atoms with Crippen molar-refractivity contribution >= 4 is 0 Å². The molecule has 1 rings (SSSR count). The maximum atomic E-state index is 7.25. The zero-order valence-corrected chi connectivity index (χ0v) is 4.74. The van der Waals surface area contributed by atoms with Crippen molar-refractivity contribution in [1.29, 1.82) is 5.46 Å². The molecule has 0 bridgehead atoms.